The summed E-state index contributed by atoms with van der Waals surface area (Å²) in [4.78, 5) is 36.3. The third-order valence-electron chi connectivity index (χ3n) is 14.7. The molecule has 0 radical (unpaired) electrons. The van der Waals surface area contributed by atoms with E-state index in [1.54, 1.807) is 38.1 Å². The van der Waals surface area contributed by atoms with Crippen LogP contribution in [0.1, 0.15) is 73.3 Å². The maximum atomic E-state index is 14.6. The topological polar surface area (TPSA) is 299 Å². The molecule has 90 heavy (non-hydrogen) atoms. The summed E-state index contributed by atoms with van der Waals surface area (Å²) in [5.41, 5.74) is 0.439. The van der Waals surface area contributed by atoms with E-state index in [0.717, 1.165) is 24.3 Å². The highest BCUT2D eigenvalue weighted by Crippen LogP contribution is 2.44. The number of ether oxygens (including phenoxy) is 4. The van der Waals surface area contributed by atoms with Gasteiger partial charge in [-0.1, -0.05) is 92.9 Å². The van der Waals surface area contributed by atoms with Gasteiger partial charge >= 0.3 is 0 Å². The Kier molecular flexibility index (Phi) is 21.4. The molecule has 0 bridgehead atoms. The largest absolute Gasteiger partial charge is 0.394 e. The van der Waals surface area contributed by atoms with E-state index in [1.165, 1.54) is 43.3 Å². The third kappa shape index (κ3) is 14.6. The van der Waals surface area contributed by atoms with E-state index in [1.807, 2.05) is 0 Å². The van der Waals surface area contributed by atoms with Gasteiger partial charge in [-0.25, -0.2) is 46.3 Å². The van der Waals surface area contributed by atoms with Crippen molar-refractivity contribution in [3.63, 3.8) is 0 Å². The molecule has 0 spiro atoms. The highest BCUT2D eigenvalue weighted by atomic mass is 35.5. The minimum absolute atomic E-state index is 0.0281. The number of aromatic nitrogens is 12. The van der Waals surface area contributed by atoms with Gasteiger partial charge in [0.15, 0.2) is 11.6 Å². The molecule has 0 aliphatic carbocycles. The lowest BCUT2D eigenvalue weighted by Gasteiger charge is -2.43. The molecular formula is C56H54Cl6F4N14O10. The van der Waals surface area contributed by atoms with Gasteiger partial charge in [0, 0.05) is 34.3 Å². The van der Waals surface area contributed by atoms with E-state index in [4.69, 9.17) is 88.6 Å². The molecule has 2 aliphatic rings. The minimum atomic E-state index is -1.59. The maximum Gasteiger partial charge on any atom is 0.246 e. The predicted octanol–water partition coefficient (Wildman–Crippen LogP) is 7.79. The van der Waals surface area contributed by atoms with Crippen LogP contribution < -0.4 is 10.6 Å². The van der Waals surface area contributed by atoms with Gasteiger partial charge < -0.3 is 50.0 Å². The van der Waals surface area contributed by atoms with Crippen molar-refractivity contribution < 1.29 is 66.5 Å². The Balaban J connectivity index is 0.782. The number of hydrogen-bond donors (Lipinski definition) is 6. The van der Waals surface area contributed by atoms with E-state index in [2.05, 4.69) is 51.4 Å². The maximum absolute atomic E-state index is 14.6. The molecule has 2 fully saturated rings. The monoisotopic (exact) mass is 1370 g/mol. The standard InChI is InChI=1S/C56H54Cl6F4N14O10/c1-25-69-55(79(73-25)39-17-29(57)7-9-31(39)59)53-51(47(49(85)41(21-81)89-53)77-19-37(71-75-77)27-13-33(63)45(61)34(64)14-27)87-23-43(83)67-11-5-3-4-6-12-68-44(84)24-88-52-48(78-20-38(72-76-78)28-15-35(65)46(62)36(66)16-28)50(86)42(22-82)90-54(52)56-70-26(2)74-80(56)40-18-30(58)8-10-32(40)60/h7-10,13-20,41-42,47-54,81-82,85-86H,3-6,11-12,21-24H2,1-2H3,(H,67,83)(H,68,84)/t41-,42+,47+,48-,49+,50-,51-,52+,53-,54+. The molecule has 10 rings (SSSR count). The number of aliphatic hydroxyl groups is 4. The molecule has 4 aromatic heterocycles. The fourth-order valence-electron chi connectivity index (χ4n) is 10.5. The number of unbranched alkanes of at least 4 members (excludes halogenated alkanes) is 3. The van der Waals surface area contributed by atoms with E-state index in [0.29, 0.717) is 35.7 Å². The molecular weight excluding hydrogens is 1320 g/mol. The zero-order chi connectivity index (χ0) is 64.2. The Morgan fingerprint density at radius 2 is 0.956 bits per heavy atom. The number of rotatable bonds is 23. The van der Waals surface area contributed by atoms with Crippen LogP contribution in [0, 0.1) is 37.1 Å². The van der Waals surface area contributed by atoms with Crippen molar-refractivity contribution in [2.24, 2.45) is 0 Å². The van der Waals surface area contributed by atoms with Crippen molar-refractivity contribution in [1.29, 1.82) is 0 Å². The normalized spacial score (nSPS) is 21.9. The summed E-state index contributed by atoms with van der Waals surface area (Å²) >= 11 is 37.5. The summed E-state index contributed by atoms with van der Waals surface area (Å²) in [7, 11) is 0. The number of aryl methyl sites for hydroxylation is 2. The first-order valence-corrected chi connectivity index (χ1v) is 30.0. The summed E-state index contributed by atoms with van der Waals surface area (Å²) in [6.45, 7) is 0.936. The number of halogens is 10. The number of amides is 2. The van der Waals surface area contributed by atoms with E-state index >= 15 is 0 Å². The number of benzene rings is 4. The zero-order valence-electron chi connectivity index (χ0n) is 47.2. The molecule has 4 aromatic carbocycles. The molecule has 2 amide bonds. The van der Waals surface area contributed by atoms with Crippen LogP contribution in [0.4, 0.5) is 17.6 Å². The first-order valence-electron chi connectivity index (χ1n) is 27.7. The van der Waals surface area contributed by atoms with Crippen molar-refractivity contribution in [1.82, 2.24) is 70.2 Å². The fraction of sp³-hybridized carbons (Fsp3) is 0.393. The summed E-state index contributed by atoms with van der Waals surface area (Å²) in [5.74, 6) is -4.74. The average Bonchev–Trinajstić information content (AvgIpc) is 1.47. The Bertz CT molecular complexity index is 3610. The van der Waals surface area contributed by atoms with Gasteiger partial charge in [-0.05, 0) is 87.4 Å². The van der Waals surface area contributed by atoms with Gasteiger partial charge in [0.1, 0.15) is 130 Å². The Morgan fingerprint density at radius 3 is 1.32 bits per heavy atom. The summed E-state index contributed by atoms with van der Waals surface area (Å²) < 4.78 is 88.7. The highest BCUT2D eigenvalue weighted by Gasteiger charge is 2.52. The summed E-state index contributed by atoms with van der Waals surface area (Å²) in [6, 6.07) is 10.5. The van der Waals surface area contributed by atoms with E-state index in [9.17, 15) is 47.6 Å². The number of hydrogen-bond acceptors (Lipinski definition) is 18. The molecule has 6 heterocycles. The smallest absolute Gasteiger partial charge is 0.246 e. The molecule has 0 saturated carbocycles. The second-order valence-electron chi connectivity index (χ2n) is 20.9. The molecule has 478 valence electrons. The van der Waals surface area contributed by atoms with Crippen LogP contribution in [0.25, 0.3) is 33.9 Å². The van der Waals surface area contributed by atoms with Gasteiger partial charge in [-0.15, -0.1) is 10.2 Å². The number of aliphatic hydroxyl groups excluding tert-OH is 4. The van der Waals surface area contributed by atoms with Crippen LogP contribution in [0.5, 0.6) is 0 Å². The predicted molar refractivity (Wildman–Crippen MR) is 316 cm³/mol. The van der Waals surface area contributed by atoms with Crippen LogP contribution >= 0.6 is 69.6 Å². The second kappa shape index (κ2) is 29.0. The minimum Gasteiger partial charge on any atom is -0.394 e. The number of carbonyl (C=O) groups excluding carboxylic acids is 2. The Hall–Kier alpha value is -6.48. The molecule has 24 nitrogen and oxygen atoms in total. The van der Waals surface area contributed by atoms with E-state index < -0.39 is 132 Å². The van der Waals surface area contributed by atoms with Crippen molar-refractivity contribution in [2.45, 2.75) is 100 Å². The molecule has 8 aromatic rings. The van der Waals surface area contributed by atoms with Crippen LogP contribution in [-0.4, -0.2) is 168 Å². The lowest BCUT2D eigenvalue weighted by molar-refractivity contribution is -0.223. The Labute approximate surface area is 538 Å². The van der Waals surface area contributed by atoms with Crippen LogP contribution in [0.3, 0.4) is 0 Å². The SMILES string of the molecule is Cc1nc([C@H]2O[C@@H](CO)[C@@H](O)[C@@H](n3cc(-c4cc(F)c(Cl)c(F)c4)nn3)[C@@H]2OCC(=O)NCCCCCCNC(=O)CO[C@@H]2[C@@H](n3cc(-c4cc(F)c(Cl)c(F)c4)nn3)[C@@H](O)[C@@H](CO)O[C@H]2c2nc(C)nn2-c2cc(Cl)ccc2Cl)n(-c2cc(Cl)ccc2Cl)n1. The molecule has 10 atom stereocenters. The average molecular weight is 1370 g/mol. The Morgan fingerprint density at radius 1 is 0.578 bits per heavy atom. The van der Waals surface area contributed by atoms with Crippen molar-refractivity contribution in [3.8, 4) is 33.9 Å². The molecule has 2 saturated heterocycles. The second-order valence-corrected chi connectivity index (χ2v) is 23.4. The first-order chi connectivity index (χ1) is 43.1. The fourth-order valence-corrected chi connectivity index (χ4v) is 11.4. The van der Waals surface area contributed by atoms with E-state index in [-0.39, 0.29) is 80.3 Å². The van der Waals surface area contributed by atoms with Crippen LogP contribution in [0.2, 0.25) is 30.1 Å². The van der Waals surface area contributed by atoms with Crippen molar-refractivity contribution >= 4 is 81.4 Å². The van der Waals surface area contributed by atoms with Gasteiger partial charge in [0.2, 0.25) is 11.8 Å². The zero-order valence-corrected chi connectivity index (χ0v) is 51.7. The van der Waals surface area contributed by atoms with Crippen molar-refractivity contribution in [2.75, 3.05) is 39.5 Å². The molecule has 0 unspecified atom stereocenters. The van der Waals surface area contributed by atoms with Crippen molar-refractivity contribution in [3.05, 3.63) is 150 Å². The number of nitrogens with one attached hydrogen (secondary N) is 2. The first kappa shape index (κ1) is 66.4. The summed E-state index contributed by atoms with van der Waals surface area (Å²) in [6.07, 6.45) is -6.41. The van der Waals surface area contributed by atoms with Gasteiger partial charge in [-0.2, -0.15) is 10.2 Å². The quantitative estimate of drug-likeness (QED) is 0.0202. The lowest BCUT2D eigenvalue weighted by atomic mass is 9.91. The number of nitrogens with zero attached hydrogens (tertiary/aromatic N) is 12. The highest BCUT2D eigenvalue weighted by molar-refractivity contribution is 6.35. The van der Waals surface area contributed by atoms with Crippen LogP contribution in [0.15, 0.2) is 73.1 Å². The van der Waals surface area contributed by atoms with Gasteiger partial charge in [0.05, 0.1) is 47.0 Å². The van der Waals surface area contributed by atoms with Gasteiger partial charge in [0.25, 0.3) is 0 Å². The molecule has 2 aliphatic heterocycles. The lowest BCUT2D eigenvalue weighted by Crippen LogP contribution is -2.54. The molecule has 6 N–H and O–H groups in total. The molecule has 34 heteroatoms. The van der Waals surface area contributed by atoms with Gasteiger partial charge in [-0.3, -0.25) is 9.59 Å². The number of carbonyl (C=O) groups is 2. The van der Waals surface area contributed by atoms with Crippen LogP contribution in [-0.2, 0) is 28.5 Å². The summed E-state index contributed by atoms with van der Waals surface area (Å²) in [5, 5.41) is 75.4. The third-order valence-corrected chi connectivity index (χ3v) is 16.6.